The van der Waals surface area contributed by atoms with Crippen LogP contribution in [0.3, 0.4) is 0 Å². The predicted molar refractivity (Wildman–Crippen MR) is 135 cm³/mol. The van der Waals surface area contributed by atoms with Crippen molar-refractivity contribution in [1.82, 2.24) is 4.90 Å². The number of carbonyl (C=O) groups is 1. The largest absolute Gasteiger partial charge is 0.368 e. The molecule has 2 aromatic carbocycles. The lowest BCUT2D eigenvalue weighted by atomic mass is 10.1. The van der Waals surface area contributed by atoms with Crippen molar-refractivity contribution in [2.24, 2.45) is 0 Å². The van der Waals surface area contributed by atoms with Crippen LogP contribution in [0, 0.1) is 20.2 Å². The van der Waals surface area contributed by atoms with E-state index in [9.17, 15) is 25.0 Å². The first-order chi connectivity index (χ1) is 16.8. The molecule has 0 aromatic heterocycles. The van der Waals surface area contributed by atoms with Crippen molar-refractivity contribution in [3.05, 3.63) is 73.3 Å². The van der Waals surface area contributed by atoms with Crippen molar-refractivity contribution >= 4 is 46.3 Å². The van der Waals surface area contributed by atoms with Crippen LogP contribution < -0.4 is 9.80 Å². The highest BCUT2D eigenvalue weighted by Gasteiger charge is 2.25. The summed E-state index contributed by atoms with van der Waals surface area (Å²) in [7, 11) is 0. The molecule has 1 amide bonds. The first kappa shape index (κ1) is 24.5. The van der Waals surface area contributed by atoms with Gasteiger partial charge in [-0.3, -0.25) is 25.0 Å². The molecule has 2 saturated heterocycles. The van der Waals surface area contributed by atoms with Gasteiger partial charge in [0.2, 0.25) is 5.91 Å². The van der Waals surface area contributed by atoms with Gasteiger partial charge in [-0.1, -0.05) is 17.7 Å². The quantitative estimate of drug-likeness (QED) is 0.326. The molecule has 0 spiro atoms. The molecule has 0 bridgehead atoms. The van der Waals surface area contributed by atoms with Crippen molar-refractivity contribution in [2.45, 2.75) is 19.3 Å². The van der Waals surface area contributed by atoms with Crippen LogP contribution in [0.5, 0.6) is 0 Å². The van der Waals surface area contributed by atoms with E-state index in [0.717, 1.165) is 38.0 Å². The van der Waals surface area contributed by atoms with Gasteiger partial charge in [0.05, 0.1) is 9.85 Å². The molecule has 0 atom stereocenters. The van der Waals surface area contributed by atoms with E-state index in [-0.39, 0.29) is 27.2 Å². The maximum atomic E-state index is 12.7. The molecule has 35 heavy (non-hydrogen) atoms. The Balaban J connectivity index is 1.41. The highest BCUT2D eigenvalue weighted by molar-refractivity contribution is 6.32. The van der Waals surface area contributed by atoms with E-state index in [4.69, 9.17) is 11.6 Å². The summed E-state index contributed by atoms with van der Waals surface area (Å²) in [6, 6.07) is 9.63. The maximum Gasteiger partial charge on any atom is 0.292 e. The fraction of sp³-hybridized carbons (Fsp3) is 0.375. The summed E-state index contributed by atoms with van der Waals surface area (Å²) >= 11 is 5.84. The van der Waals surface area contributed by atoms with E-state index in [0.29, 0.717) is 37.4 Å². The molecule has 2 aliphatic heterocycles. The van der Waals surface area contributed by atoms with Gasteiger partial charge in [0, 0.05) is 63.2 Å². The van der Waals surface area contributed by atoms with Crippen LogP contribution in [-0.4, -0.2) is 59.9 Å². The van der Waals surface area contributed by atoms with Crippen LogP contribution in [0.2, 0.25) is 5.02 Å². The Kier molecular flexibility index (Phi) is 7.50. The Morgan fingerprint density at radius 3 is 2.17 bits per heavy atom. The number of carbonyl (C=O) groups excluding carboxylic acids is 1. The zero-order chi connectivity index (χ0) is 24.9. The predicted octanol–water partition coefficient (Wildman–Crippen LogP) is 4.51. The molecule has 0 unspecified atom stereocenters. The van der Waals surface area contributed by atoms with Gasteiger partial charge in [-0.2, -0.15) is 0 Å². The van der Waals surface area contributed by atoms with Crippen LogP contribution in [-0.2, 0) is 4.79 Å². The molecule has 184 valence electrons. The van der Waals surface area contributed by atoms with Crippen molar-refractivity contribution in [2.75, 3.05) is 49.1 Å². The highest BCUT2D eigenvalue weighted by Crippen LogP contribution is 2.34. The molecule has 10 nitrogen and oxygen atoms in total. The number of amides is 1. The van der Waals surface area contributed by atoms with Crippen LogP contribution in [0.4, 0.5) is 22.7 Å². The molecule has 11 heteroatoms. The number of hydrogen-bond acceptors (Lipinski definition) is 7. The van der Waals surface area contributed by atoms with E-state index in [1.54, 1.807) is 29.2 Å². The molecule has 2 fully saturated rings. The second-order valence-electron chi connectivity index (χ2n) is 8.59. The van der Waals surface area contributed by atoms with E-state index < -0.39 is 4.92 Å². The Morgan fingerprint density at radius 1 is 0.829 bits per heavy atom. The lowest BCUT2D eigenvalue weighted by Gasteiger charge is -2.36. The fourth-order valence-electron chi connectivity index (χ4n) is 4.48. The molecule has 2 heterocycles. The Hall–Kier alpha value is -3.66. The number of rotatable bonds is 6. The van der Waals surface area contributed by atoms with Gasteiger partial charge >= 0.3 is 0 Å². The topological polar surface area (TPSA) is 113 Å². The van der Waals surface area contributed by atoms with Crippen molar-refractivity contribution < 1.29 is 14.6 Å². The van der Waals surface area contributed by atoms with Crippen LogP contribution >= 0.6 is 11.6 Å². The summed E-state index contributed by atoms with van der Waals surface area (Å²) in [5, 5.41) is 22.7. The summed E-state index contributed by atoms with van der Waals surface area (Å²) in [6.45, 7) is 3.83. The smallest absolute Gasteiger partial charge is 0.292 e. The van der Waals surface area contributed by atoms with Gasteiger partial charge < -0.3 is 14.7 Å². The van der Waals surface area contributed by atoms with Gasteiger partial charge in [-0.05, 0) is 49.1 Å². The standard InChI is InChI=1S/C24H26ClN5O5/c25-20-7-4-18(16-22(20)30(34)35)5-9-24(31)28-14-12-26(13-15-28)19-6-8-21(29(32)33)23(17-19)27-10-2-1-3-11-27/h4-9,16-17H,1-3,10-15H2/b9-5+. The van der Waals surface area contributed by atoms with E-state index in [1.807, 2.05) is 6.07 Å². The van der Waals surface area contributed by atoms with Gasteiger partial charge in [-0.15, -0.1) is 0 Å². The average Bonchev–Trinajstić information content (AvgIpc) is 2.88. The van der Waals surface area contributed by atoms with Crippen molar-refractivity contribution in [3.8, 4) is 0 Å². The third-order valence-electron chi connectivity index (χ3n) is 6.39. The maximum absolute atomic E-state index is 12.7. The molecule has 0 saturated carbocycles. The first-order valence-corrected chi connectivity index (χ1v) is 11.9. The highest BCUT2D eigenvalue weighted by atomic mass is 35.5. The summed E-state index contributed by atoms with van der Waals surface area (Å²) in [6.07, 6.45) is 6.14. The molecule has 2 aliphatic rings. The number of nitro benzene ring substituents is 2. The molecule has 0 radical (unpaired) electrons. The van der Waals surface area contributed by atoms with Gasteiger partial charge in [0.1, 0.15) is 10.7 Å². The summed E-state index contributed by atoms with van der Waals surface area (Å²) in [4.78, 5) is 40.3. The van der Waals surface area contributed by atoms with E-state index >= 15 is 0 Å². The molecular formula is C24H26ClN5O5. The zero-order valence-corrected chi connectivity index (χ0v) is 19.9. The van der Waals surface area contributed by atoms with E-state index in [1.165, 1.54) is 18.2 Å². The van der Waals surface area contributed by atoms with Crippen molar-refractivity contribution in [1.29, 1.82) is 0 Å². The second kappa shape index (κ2) is 10.7. The third-order valence-corrected chi connectivity index (χ3v) is 6.71. The number of nitrogens with zero attached hydrogens (tertiary/aromatic N) is 5. The average molecular weight is 500 g/mol. The Labute approximate surface area is 207 Å². The van der Waals surface area contributed by atoms with Crippen LogP contribution in [0.15, 0.2) is 42.5 Å². The minimum atomic E-state index is -0.560. The molecular weight excluding hydrogens is 474 g/mol. The Bertz CT molecular complexity index is 1160. The van der Waals surface area contributed by atoms with Crippen LogP contribution in [0.1, 0.15) is 24.8 Å². The minimum absolute atomic E-state index is 0.0456. The number of anilines is 2. The summed E-state index contributed by atoms with van der Waals surface area (Å²) in [5.41, 5.74) is 2.00. The number of piperazine rings is 1. The monoisotopic (exact) mass is 499 g/mol. The van der Waals surface area contributed by atoms with Gasteiger partial charge in [0.25, 0.3) is 11.4 Å². The number of hydrogen-bond donors (Lipinski definition) is 0. The molecule has 0 N–H and O–H groups in total. The third kappa shape index (κ3) is 5.71. The zero-order valence-electron chi connectivity index (χ0n) is 19.1. The summed E-state index contributed by atoms with van der Waals surface area (Å²) < 4.78 is 0. The number of benzene rings is 2. The number of halogens is 1. The lowest BCUT2D eigenvalue weighted by Crippen LogP contribution is -2.48. The first-order valence-electron chi connectivity index (χ1n) is 11.5. The van der Waals surface area contributed by atoms with Gasteiger partial charge in [-0.25, -0.2) is 0 Å². The minimum Gasteiger partial charge on any atom is -0.368 e. The van der Waals surface area contributed by atoms with E-state index in [2.05, 4.69) is 9.80 Å². The number of piperidine rings is 1. The number of nitro groups is 2. The molecule has 2 aromatic rings. The molecule has 0 aliphatic carbocycles. The molecule has 4 rings (SSSR count). The van der Waals surface area contributed by atoms with Crippen LogP contribution in [0.25, 0.3) is 6.08 Å². The van der Waals surface area contributed by atoms with Crippen molar-refractivity contribution in [3.63, 3.8) is 0 Å². The SMILES string of the molecule is O=C(/C=C/c1ccc(Cl)c([N+](=O)[O-])c1)N1CCN(c2ccc([N+](=O)[O-])c(N3CCCCC3)c2)CC1. The fourth-order valence-corrected chi connectivity index (χ4v) is 4.67. The lowest BCUT2D eigenvalue weighted by molar-refractivity contribution is -0.384. The second-order valence-corrected chi connectivity index (χ2v) is 9.00. The van der Waals surface area contributed by atoms with Gasteiger partial charge in [0.15, 0.2) is 0 Å². The summed E-state index contributed by atoms with van der Waals surface area (Å²) in [5.74, 6) is -0.181. The Morgan fingerprint density at radius 2 is 1.51 bits per heavy atom. The normalized spacial score (nSPS) is 16.5.